The highest BCUT2D eigenvalue weighted by Gasteiger charge is 2.12. The maximum Gasteiger partial charge on any atom is 0.196 e. The molecule has 0 fully saturated rings. The van der Waals surface area contributed by atoms with Gasteiger partial charge in [0.15, 0.2) is 17.5 Å². The van der Waals surface area contributed by atoms with Gasteiger partial charge in [-0.25, -0.2) is 13.2 Å². The Morgan fingerprint density at radius 3 is 2.35 bits per heavy atom. The van der Waals surface area contributed by atoms with E-state index in [4.69, 9.17) is 0 Å². The van der Waals surface area contributed by atoms with E-state index < -0.39 is 17.5 Å². The van der Waals surface area contributed by atoms with Crippen LogP contribution in [0, 0.1) is 34.7 Å². The van der Waals surface area contributed by atoms with E-state index in [2.05, 4.69) is 17.2 Å². The minimum atomic E-state index is -1.47. The second-order valence-corrected chi connectivity index (χ2v) is 4.63. The number of anilines is 1. The van der Waals surface area contributed by atoms with Gasteiger partial charge in [0, 0.05) is 5.41 Å². The van der Waals surface area contributed by atoms with Gasteiger partial charge in [-0.15, -0.1) is 0 Å². The largest absolute Gasteiger partial charge is 0.372 e. The molecular formula is C13H14F3N. The van der Waals surface area contributed by atoms with Crippen LogP contribution >= 0.6 is 0 Å². The molecule has 0 aliphatic rings. The lowest BCUT2D eigenvalue weighted by atomic mass is 9.98. The van der Waals surface area contributed by atoms with Crippen LogP contribution in [0.5, 0.6) is 0 Å². The topological polar surface area (TPSA) is 12.0 Å². The van der Waals surface area contributed by atoms with Crippen molar-refractivity contribution >= 4 is 5.69 Å². The van der Waals surface area contributed by atoms with Gasteiger partial charge in [-0.3, -0.25) is 0 Å². The van der Waals surface area contributed by atoms with E-state index >= 15 is 0 Å². The Labute approximate surface area is 99.0 Å². The monoisotopic (exact) mass is 241 g/mol. The van der Waals surface area contributed by atoms with Gasteiger partial charge in [-0.05, 0) is 32.9 Å². The highest BCUT2D eigenvalue weighted by atomic mass is 19.2. The number of hydrogen-bond acceptors (Lipinski definition) is 1. The van der Waals surface area contributed by atoms with E-state index in [9.17, 15) is 13.2 Å². The second kappa shape index (κ2) is 5.13. The molecule has 0 heterocycles. The Morgan fingerprint density at radius 1 is 1.12 bits per heavy atom. The summed E-state index contributed by atoms with van der Waals surface area (Å²) in [5, 5.41) is 2.60. The minimum absolute atomic E-state index is 0.0906. The summed E-state index contributed by atoms with van der Waals surface area (Å²) >= 11 is 0. The van der Waals surface area contributed by atoms with E-state index in [0.717, 1.165) is 12.1 Å². The fraction of sp³-hybridized carbons (Fsp3) is 0.385. The molecule has 0 unspecified atom stereocenters. The molecule has 1 N–H and O–H groups in total. The third-order valence-electron chi connectivity index (χ3n) is 1.87. The summed E-state index contributed by atoms with van der Waals surface area (Å²) in [5.74, 6) is 1.83. The van der Waals surface area contributed by atoms with Gasteiger partial charge in [0.2, 0.25) is 0 Å². The molecule has 0 aromatic heterocycles. The van der Waals surface area contributed by atoms with Gasteiger partial charge in [0.1, 0.15) is 0 Å². The van der Waals surface area contributed by atoms with Crippen LogP contribution in [0.1, 0.15) is 20.8 Å². The van der Waals surface area contributed by atoms with Crippen molar-refractivity contribution in [3.8, 4) is 11.8 Å². The Morgan fingerprint density at radius 2 is 1.76 bits per heavy atom. The molecule has 0 amide bonds. The van der Waals surface area contributed by atoms with Crippen molar-refractivity contribution in [2.24, 2.45) is 5.41 Å². The van der Waals surface area contributed by atoms with Gasteiger partial charge in [0.05, 0.1) is 12.2 Å². The van der Waals surface area contributed by atoms with E-state index in [0.29, 0.717) is 0 Å². The summed E-state index contributed by atoms with van der Waals surface area (Å²) < 4.78 is 38.7. The maximum atomic E-state index is 13.2. The first kappa shape index (κ1) is 13.4. The number of halogens is 3. The fourth-order valence-corrected chi connectivity index (χ4v) is 1.11. The standard InChI is InChI=1S/C13H14F3N/c1-13(2,3)7-4-8-17-10-6-5-9(14)11(15)12(10)16/h5-6,17H,8H2,1-3H3. The Bertz CT molecular complexity index is 464. The van der Waals surface area contributed by atoms with Crippen molar-refractivity contribution in [2.75, 3.05) is 11.9 Å². The van der Waals surface area contributed by atoms with Crippen molar-refractivity contribution in [1.82, 2.24) is 0 Å². The maximum absolute atomic E-state index is 13.2. The molecule has 1 aromatic carbocycles. The molecular weight excluding hydrogens is 227 g/mol. The second-order valence-electron chi connectivity index (χ2n) is 4.63. The molecule has 0 aliphatic carbocycles. The Hall–Kier alpha value is -1.63. The fourth-order valence-electron chi connectivity index (χ4n) is 1.11. The lowest BCUT2D eigenvalue weighted by molar-refractivity contribution is 0.449. The summed E-state index contributed by atoms with van der Waals surface area (Å²) in [7, 11) is 0. The molecule has 0 bridgehead atoms. The molecule has 0 saturated heterocycles. The lowest BCUT2D eigenvalue weighted by Gasteiger charge is -2.08. The van der Waals surface area contributed by atoms with Crippen molar-refractivity contribution in [1.29, 1.82) is 0 Å². The van der Waals surface area contributed by atoms with Crippen LogP contribution in [0.4, 0.5) is 18.9 Å². The highest BCUT2D eigenvalue weighted by molar-refractivity contribution is 5.46. The Kier molecular flexibility index (Phi) is 4.06. The lowest BCUT2D eigenvalue weighted by Crippen LogP contribution is -2.05. The van der Waals surface area contributed by atoms with Gasteiger partial charge < -0.3 is 5.32 Å². The first-order chi connectivity index (χ1) is 7.81. The third kappa shape index (κ3) is 4.03. The summed E-state index contributed by atoms with van der Waals surface area (Å²) in [6.07, 6.45) is 0. The van der Waals surface area contributed by atoms with Crippen LogP contribution in [0.25, 0.3) is 0 Å². The van der Waals surface area contributed by atoms with Crippen LogP contribution in [0.15, 0.2) is 12.1 Å². The predicted octanol–water partition coefficient (Wildman–Crippen LogP) is 3.57. The van der Waals surface area contributed by atoms with E-state index in [1.54, 1.807) is 0 Å². The molecule has 0 atom stereocenters. The minimum Gasteiger partial charge on any atom is -0.372 e. The predicted molar refractivity (Wildman–Crippen MR) is 62.0 cm³/mol. The van der Waals surface area contributed by atoms with Crippen LogP contribution < -0.4 is 5.32 Å². The van der Waals surface area contributed by atoms with Crippen molar-refractivity contribution in [3.05, 3.63) is 29.6 Å². The van der Waals surface area contributed by atoms with Gasteiger partial charge >= 0.3 is 0 Å². The van der Waals surface area contributed by atoms with Crippen molar-refractivity contribution in [2.45, 2.75) is 20.8 Å². The van der Waals surface area contributed by atoms with Crippen LogP contribution in [0.2, 0.25) is 0 Å². The van der Waals surface area contributed by atoms with E-state index in [1.165, 1.54) is 0 Å². The smallest absolute Gasteiger partial charge is 0.196 e. The van der Waals surface area contributed by atoms with Gasteiger partial charge in [-0.1, -0.05) is 11.8 Å². The van der Waals surface area contributed by atoms with E-state index in [-0.39, 0.29) is 17.6 Å². The number of benzene rings is 1. The molecule has 0 radical (unpaired) electrons. The quantitative estimate of drug-likeness (QED) is 0.616. The molecule has 0 spiro atoms. The molecule has 1 nitrogen and oxygen atoms in total. The average Bonchev–Trinajstić information content (AvgIpc) is 2.22. The molecule has 17 heavy (non-hydrogen) atoms. The summed E-state index contributed by atoms with van der Waals surface area (Å²) in [6, 6.07) is 2.02. The zero-order valence-corrected chi connectivity index (χ0v) is 10.00. The van der Waals surface area contributed by atoms with Crippen LogP contribution in [-0.4, -0.2) is 6.54 Å². The molecule has 0 saturated carbocycles. The zero-order valence-electron chi connectivity index (χ0n) is 10.00. The summed E-state index contributed by atoms with van der Waals surface area (Å²) in [6.45, 7) is 6.01. The number of hydrogen-bond donors (Lipinski definition) is 1. The van der Waals surface area contributed by atoms with Crippen LogP contribution in [0.3, 0.4) is 0 Å². The van der Waals surface area contributed by atoms with Gasteiger partial charge in [0.25, 0.3) is 0 Å². The van der Waals surface area contributed by atoms with Crippen molar-refractivity contribution in [3.63, 3.8) is 0 Å². The summed E-state index contributed by atoms with van der Waals surface area (Å²) in [5.41, 5.74) is -0.235. The first-order valence-corrected chi connectivity index (χ1v) is 5.18. The SMILES string of the molecule is CC(C)(C)C#CCNc1ccc(F)c(F)c1F. The molecule has 4 heteroatoms. The Balaban J connectivity index is 2.70. The molecule has 1 aromatic rings. The third-order valence-corrected chi connectivity index (χ3v) is 1.87. The van der Waals surface area contributed by atoms with Crippen LogP contribution in [-0.2, 0) is 0 Å². The van der Waals surface area contributed by atoms with Gasteiger partial charge in [-0.2, -0.15) is 0 Å². The normalized spacial score (nSPS) is 10.7. The van der Waals surface area contributed by atoms with Crippen molar-refractivity contribution < 1.29 is 13.2 Å². The zero-order chi connectivity index (χ0) is 13.1. The number of nitrogens with one attached hydrogen (secondary N) is 1. The molecule has 0 aliphatic heterocycles. The summed E-state index contributed by atoms with van der Waals surface area (Å²) in [4.78, 5) is 0. The average molecular weight is 241 g/mol. The van der Waals surface area contributed by atoms with E-state index in [1.807, 2.05) is 20.8 Å². The molecule has 92 valence electrons. The highest BCUT2D eigenvalue weighted by Crippen LogP contribution is 2.19. The number of rotatable bonds is 2. The first-order valence-electron chi connectivity index (χ1n) is 5.18. The molecule has 1 rings (SSSR count).